The van der Waals surface area contributed by atoms with Gasteiger partial charge in [-0.25, -0.2) is 0 Å². The summed E-state index contributed by atoms with van der Waals surface area (Å²) in [5.41, 5.74) is -0.813. The fraction of sp³-hybridized carbons (Fsp3) is 0.625. The highest BCUT2D eigenvalue weighted by molar-refractivity contribution is 7.11. The van der Waals surface area contributed by atoms with Crippen LogP contribution in [0.2, 0.25) is 0 Å². The van der Waals surface area contributed by atoms with Crippen LogP contribution in [-0.2, 0) is 22.6 Å². The molecule has 0 aromatic carbocycles. The van der Waals surface area contributed by atoms with E-state index in [2.05, 4.69) is 24.4 Å². The molecule has 1 aliphatic heterocycles. The molecule has 1 fully saturated rings. The van der Waals surface area contributed by atoms with Gasteiger partial charge in [-0.1, -0.05) is 20.3 Å². The van der Waals surface area contributed by atoms with Crippen molar-refractivity contribution in [3.63, 3.8) is 0 Å². The maximum absolute atomic E-state index is 12.7. The van der Waals surface area contributed by atoms with Gasteiger partial charge in [0.2, 0.25) is 11.8 Å². The number of piperazine rings is 1. The van der Waals surface area contributed by atoms with Crippen molar-refractivity contribution in [2.75, 3.05) is 0 Å². The van der Waals surface area contributed by atoms with Crippen molar-refractivity contribution < 1.29 is 9.59 Å². The van der Waals surface area contributed by atoms with E-state index < -0.39 is 5.54 Å². The Hall–Kier alpha value is -1.36. The van der Waals surface area contributed by atoms with Crippen LogP contribution in [0.4, 0.5) is 0 Å². The second-order valence-electron chi connectivity index (χ2n) is 6.07. The van der Waals surface area contributed by atoms with Crippen LogP contribution in [0.1, 0.15) is 50.3 Å². The number of rotatable bonds is 5. The average molecular weight is 308 g/mol. The van der Waals surface area contributed by atoms with Crippen molar-refractivity contribution in [1.82, 2.24) is 10.2 Å². The minimum absolute atomic E-state index is 0.00648. The van der Waals surface area contributed by atoms with Gasteiger partial charge in [-0.15, -0.1) is 11.3 Å². The Bertz CT molecular complexity index is 536. The maximum atomic E-state index is 12.7. The van der Waals surface area contributed by atoms with E-state index in [4.69, 9.17) is 0 Å². The van der Waals surface area contributed by atoms with Gasteiger partial charge < -0.3 is 10.2 Å². The first-order valence-electron chi connectivity index (χ1n) is 7.59. The van der Waals surface area contributed by atoms with Gasteiger partial charge in [0.05, 0.1) is 6.54 Å². The van der Waals surface area contributed by atoms with Crippen molar-refractivity contribution in [3.05, 3.63) is 21.9 Å². The summed E-state index contributed by atoms with van der Waals surface area (Å²) in [4.78, 5) is 29.2. The van der Waals surface area contributed by atoms with Crippen LogP contribution in [0, 0.1) is 0 Å². The second-order valence-corrected chi connectivity index (χ2v) is 7.33. The van der Waals surface area contributed by atoms with Gasteiger partial charge in [0.25, 0.3) is 0 Å². The van der Waals surface area contributed by atoms with E-state index in [1.807, 2.05) is 6.92 Å². The lowest BCUT2D eigenvalue weighted by Gasteiger charge is -2.42. The van der Waals surface area contributed by atoms with Crippen molar-refractivity contribution in [2.45, 2.75) is 65.1 Å². The van der Waals surface area contributed by atoms with Gasteiger partial charge >= 0.3 is 0 Å². The van der Waals surface area contributed by atoms with Gasteiger partial charge in [-0.3, -0.25) is 9.59 Å². The molecule has 2 heterocycles. The number of carbonyl (C=O) groups excluding carboxylic acids is 2. The summed E-state index contributed by atoms with van der Waals surface area (Å²) in [6.45, 7) is 8.24. The first kappa shape index (κ1) is 16.0. The van der Waals surface area contributed by atoms with Gasteiger partial charge in [0.15, 0.2) is 0 Å². The predicted octanol–water partition coefficient (Wildman–Crippen LogP) is 2.72. The fourth-order valence-electron chi connectivity index (χ4n) is 2.69. The summed E-state index contributed by atoms with van der Waals surface area (Å²) in [6, 6.07) is 3.83. The van der Waals surface area contributed by atoms with Crippen LogP contribution in [-0.4, -0.2) is 28.3 Å². The number of aryl methyl sites for hydroxylation is 1. The Labute approximate surface area is 130 Å². The molecule has 0 aliphatic carbocycles. The molecule has 2 amide bonds. The summed E-state index contributed by atoms with van der Waals surface area (Å²) in [6.07, 6.45) is 2.59. The summed E-state index contributed by atoms with van der Waals surface area (Å²) in [5, 5.41) is 2.85. The Balaban J connectivity index is 2.25. The SMILES string of the molecule is CCCC1C(=O)NC(C)(C)C(=O)N1Cc1ccc(CC)s1. The van der Waals surface area contributed by atoms with E-state index in [0.29, 0.717) is 13.0 Å². The molecule has 1 unspecified atom stereocenters. The second kappa shape index (κ2) is 6.18. The summed E-state index contributed by atoms with van der Waals surface area (Å²) in [7, 11) is 0. The molecule has 1 N–H and O–H groups in total. The van der Waals surface area contributed by atoms with Crippen molar-refractivity contribution in [1.29, 1.82) is 0 Å². The van der Waals surface area contributed by atoms with E-state index in [1.54, 1.807) is 30.1 Å². The largest absolute Gasteiger partial charge is 0.340 e. The first-order valence-corrected chi connectivity index (χ1v) is 8.41. The zero-order valence-electron chi connectivity index (χ0n) is 13.2. The summed E-state index contributed by atoms with van der Waals surface area (Å²) < 4.78 is 0. The highest BCUT2D eigenvalue weighted by atomic mass is 32.1. The predicted molar refractivity (Wildman–Crippen MR) is 85.2 cm³/mol. The molecule has 2 rings (SSSR count). The Morgan fingerprint density at radius 2 is 1.90 bits per heavy atom. The van der Waals surface area contributed by atoms with E-state index in [-0.39, 0.29) is 17.9 Å². The lowest BCUT2D eigenvalue weighted by molar-refractivity contribution is -0.154. The van der Waals surface area contributed by atoms with Crippen molar-refractivity contribution in [2.24, 2.45) is 0 Å². The smallest absolute Gasteiger partial charge is 0.248 e. The van der Waals surface area contributed by atoms with Gasteiger partial charge in [-0.05, 0) is 38.8 Å². The molecule has 5 heteroatoms. The molecule has 1 atom stereocenters. The topological polar surface area (TPSA) is 49.4 Å². The lowest BCUT2D eigenvalue weighted by atomic mass is 9.95. The van der Waals surface area contributed by atoms with Crippen molar-refractivity contribution in [3.8, 4) is 0 Å². The van der Waals surface area contributed by atoms with Crippen molar-refractivity contribution >= 4 is 23.2 Å². The standard InChI is InChI=1S/C16H24N2O2S/c1-5-7-13-14(19)17-16(3,4)15(20)18(13)10-12-9-8-11(6-2)21-12/h8-9,13H,5-7,10H2,1-4H3,(H,17,19). The highest BCUT2D eigenvalue weighted by Crippen LogP contribution is 2.26. The Morgan fingerprint density at radius 3 is 2.48 bits per heavy atom. The Kier molecular flexibility index (Phi) is 4.71. The minimum atomic E-state index is -0.813. The fourth-order valence-corrected chi connectivity index (χ4v) is 3.65. The molecule has 0 saturated carbocycles. The Morgan fingerprint density at radius 1 is 1.24 bits per heavy atom. The third kappa shape index (κ3) is 3.28. The van der Waals surface area contributed by atoms with Crippen LogP contribution >= 0.6 is 11.3 Å². The highest BCUT2D eigenvalue weighted by Gasteiger charge is 2.44. The van der Waals surface area contributed by atoms with Gasteiger partial charge in [0, 0.05) is 9.75 Å². The van der Waals surface area contributed by atoms with E-state index in [0.717, 1.165) is 17.7 Å². The molecule has 0 radical (unpaired) electrons. The van der Waals surface area contributed by atoms with Crippen LogP contribution < -0.4 is 5.32 Å². The number of amides is 2. The van der Waals surface area contributed by atoms with Crippen LogP contribution in [0.25, 0.3) is 0 Å². The lowest BCUT2D eigenvalue weighted by Crippen LogP contribution is -2.67. The number of hydrogen-bond donors (Lipinski definition) is 1. The zero-order valence-corrected chi connectivity index (χ0v) is 14.0. The number of thiophene rings is 1. The maximum Gasteiger partial charge on any atom is 0.248 e. The van der Waals surface area contributed by atoms with Crippen LogP contribution in [0.5, 0.6) is 0 Å². The van der Waals surface area contributed by atoms with E-state index in [9.17, 15) is 9.59 Å². The molecule has 1 aromatic heterocycles. The third-order valence-electron chi connectivity index (χ3n) is 3.86. The molecule has 21 heavy (non-hydrogen) atoms. The number of hydrogen-bond acceptors (Lipinski definition) is 3. The molecule has 1 aromatic rings. The number of carbonyl (C=O) groups is 2. The molecule has 4 nitrogen and oxygen atoms in total. The molecular weight excluding hydrogens is 284 g/mol. The third-order valence-corrected chi connectivity index (χ3v) is 5.08. The minimum Gasteiger partial charge on any atom is -0.340 e. The molecule has 1 aliphatic rings. The van der Waals surface area contributed by atoms with Gasteiger partial charge in [-0.2, -0.15) is 0 Å². The monoisotopic (exact) mass is 308 g/mol. The molecule has 1 saturated heterocycles. The van der Waals surface area contributed by atoms with Crippen LogP contribution in [0.3, 0.4) is 0 Å². The zero-order chi connectivity index (χ0) is 15.6. The summed E-state index contributed by atoms with van der Waals surface area (Å²) >= 11 is 1.72. The first-order chi connectivity index (χ1) is 9.89. The summed E-state index contributed by atoms with van der Waals surface area (Å²) in [5.74, 6) is -0.0271. The van der Waals surface area contributed by atoms with E-state index >= 15 is 0 Å². The average Bonchev–Trinajstić information content (AvgIpc) is 2.87. The van der Waals surface area contributed by atoms with Gasteiger partial charge in [0.1, 0.15) is 11.6 Å². The normalized spacial score (nSPS) is 21.5. The van der Waals surface area contributed by atoms with Crippen LogP contribution in [0.15, 0.2) is 12.1 Å². The molecule has 116 valence electrons. The number of nitrogens with zero attached hydrogens (tertiary/aromatic N) is 1. The molecular formula is C16H24N2O2S. The van der Waals surface area contributed by atoms with E-state index in [1.165, 1.54) is 4.88 Å². The molecule has 0 spiro atoms. The quantitative estimate of drug-likeness (QED) is 0.909. The molecule has 0 bridgehead atoms. The number of nitrogens with one attached hydrogen (secondary N) is 1.